The molecule has 0 aliphatic rings. The van der Waals surface area contributed by atoms with Crippen molar-refractivity contribution in [1.29, 1.82) is 0 Å². The molecule has 22 nitrogen and oxygen atoms in total. The Bertz CT molecular complexity index is 3290. The molecule has 426 valence electrons. The number of carbonyl (C=O) groups excluding carboxylic acids is 2. The highest BCUT2D eigenvalue weighted by molar-refractivity contribution is 7.10. The van der Waals surface area contributed by atoms with E-state index in [4.69, 9.17) is 21.4 Å². The lowest BCUT2D eigenvalue weighted by atomic mass is 10.1. The van der Waals surface area contributed by atoms with E-state index in [0.29, 0.717) is 85.5 Å². The number of amides is 1. The SMILES string of the molecule is C.C.COC(=O)c1ccc(CN(c2ccc(F)cn2)c2nc(C)ns2)cc1.Cc1nsc(N(Cc2ccc(C(=O)NO)cc2)c2ccc(F)cn2)n1.Cc1nsc(N)n1.Cc1nsc(Nc2ccc(F)cn2)n1.Nc1ccc(F)cn1.[3HH]. The van der Waals surface area contributed by atoms with Crippen LogP contribution in [0, 0.1) is 51.0 Å². The van der Waals surface area contributed by atoms with Gasteiger partial charge in [0.1, 0.15) is 69.8 Å². The minimum Gasteiger partial charge on any atom is -0.465 e. The van der Waals surface area contributed by atoms with Crippen LogP contribution >= 0.6 is 46.1 Å². The number of nitrogens with zero attached hydrogens (tertiary/aromatic N) is 14. The number of pyridine rings is 4. The highest BCUT2D eigenvalue weighted by atomic mass is 32.1. The van der Waals surface area contributed by atoms with E-state index in [1.165, 1.54) is 83.6 Å². The number of nitrogens with one attached hydrogen (secondary N) is 2. The monoisotopic (exact) mass is 1190 g/mol. The molecule has 1 amide bonds. The number of hydroxylamine groups is 1. The topological polar surface area (TPSA) is 301 Å². The van der Waals surface area contributed by atoms with Crippen LogP contribution in [-0.4, -0.2) is 81.6 Å². The number of halogens is 4. The fraction of sp³-hybridized carbons (Fsp3) is 0.176. The molecule has 8 aromatic heterocycles. The van der Waals surface area contributed by atoms with E-state index in [0.717, 1.165) is 41.7 Å². The molecule has 0 unspecified atom stereocenters. The van der Waals surface area contributed by atoms with Gasteiger partial charge in [0, 0.05) is 53.1 Å². The Balaban J connectivity index is 0.000000288. The molecular formula is C51H56F4N18O4S4. The quantitative estimate of drug-likeness (QED) is 0.0328. The maximum Gasteiger partial charge on any atom is 0.337 e. The van der Waals surface area contributed by atoms with Gasteiger partial charge in [0.15, 0.2) is 5.13 Å². The molecule has 0 aliphatic carbocycles. The Labute approximate surface area is 480 Å². The van der Waals surface area contributed by atoms with Crippen LogP contribution in [0.5, 0.6) is 0 Å². The first-order valence-corrected chi connectivity index (χ1v) is 25.8. The van der Waals surface area contributed by atoms with E-state index in [2.05, 4.69) is 62.7 Å². The molecule has 10 aromatic rings. The van der Waals surface area contributed by atoms with Crippen molar-refractivity contribution in [2.75, 3.05) is 33.7 Å². The van der Waals surface area contributed by atoms with Gasteiger partial charge in [-0.15, -0.1) is 0 Å². The van der Waals surface area contributed by atoms with Crippen LogP contribution in [0.4, 0.5) is 61.4 Å². The first kappa shape index (κ1) is 64.4. The summed E-state index contributed by atoms with van der Waals surface area (Å²) in [6, 6.07) is 25.2. The van der Waals surface area contributed by atoms with Crippen molar-refractivity contribution in [1.82, 2.24) is 62.8 Å². The number of esters is 1. The number of nitrogens with two attached hydrogens (primary N) is 2. The molecule has 0 fully saturated rings. The molecule has 10 rings (SSSR count). The zero-order chi connectivity index (χ0) is 56.8. The van der Waals surface area contributed by atoms with Gasteiger partial charge < -0.3 is 21.5 Å². The number of hydrogen-bond donors (Lipinski definition) is 5. The summed E-state index contributed by atoms with van der Waals surface area (Å²) in [6.45, 7) is 8.08. The summed E-state index contributed by atoms with van der Waals surface area (Å²) in [7, 11) is 1.34. The number of rotatable bonds is 12. The molecule has 30 heteroatoms. The van der Waals surface area contributed by atoms with Gasteiger partial charge in [-0.1, -0.05) is 39.1 Å². The molecule has 0 bridgehead atoms. The summed E-state index contributed by atoms with van der Waals surface area (Å²) in [5, 5.41) is 14.1. The Kier molecular flexibility index (Phi) is 25.5. The number of aryl methyl sites for hydroxylation is 4. The Morgan fingerprint density at radius 1 is 0.556 bits per heavy atom. The fourth-order valence-electron chi connectivity index (χ4n) is 6.00. The number of hydrogen-bond acceptors (Lipinski definition) is 25. The van der Waals surface area contributed by atoms with Crippen molar-refractivity contribution in [3.63, 3.8) is 0 Å². The first-order valence-electron chi connectivity index (χ1n) is 22.7. The van der Waals surface area contributed by atoms with Gasteiger partial charge in [-0.2, -0.15) is 17.5 Å². The molecule has 0 aliphatic heterocycles. The minimum atomic E-state index is -0.580. The van der Waals surface area contributed by atoms with Crippen molar-refractivity contribution in [3.05, 3.63) is 191 Å². The molecule has 0 saturated carbocycles. The normalized spacial score (nSPS) is 9.95. The van der Waals surface area contributed by atoms with Crippen LogP contribution in [0.1, 0.15) is 71.4 Å². The van der Waals surface area contributed by atoms with Crippen LogP contribution in [0.2, 0.25) is 0 Å². The predicted octanol–water partition coefficient (Wildman–Crippen LogP) is 11.2. The second-order valence-corrected chi connectivity index (χ2v) is 18.6. The summed E-state index contributed by atoms with van der Waals surface area (Å²) in [6.07, 6.45) is 4.53. The Morgan fingerprint density at radius 3 is 1.32 bits per heavy atom. The summed E-state index contributed by atoms with van der Waals surface area (Å²) in [5.74, 6) is 2.25. The molecule has 7 N–H and O–H groups in total. The van der Waals surface area contributed by atoms with Crippen LogP contribution in [0.3, 0.4) is 0 Å². The van der Waals surface area contributed by atoms with Gasteiger partial charge >= 0.3 is 5.97 Å². The second-order valence-electron chi connectivity index (χ2n) is 15.6. The van der Waals surface area contributed by atoms with Gasteiger partial charge in [0.05, 0.1) is 50.6 Å². The third-order valence-corrected chi connectivity index (χ3v) is 12.6. The van der Waals surface area contributed by atoms with E-state index in [9.17, 15) is 27.2 Å². The number of aromatic nitrogens is 12. The number of carbonyl (C=O) groups is 2. The van der Waals surface area contributed by atoms with Gasteiger partial charge in [0.2, 0.25) is 15.4 Å². The summed E-state index contributed by atoms with van der Waals surface area (Å²) in [5.41, 5.74) is 14.6. The van der Waals surface area contributed by atoms with E-state index in [1.807, 2.05) is 28.9 Å². The van der Waals surface area contributed by atoms with Crippen LogP contribution in [0.25, 0.3) is 0 Å². The number of nitrogen functional groups attached to an aromatic ring is 2. The number of benzene rings is 2. The minimum absolute atomic E-state index is 0. The van der Waals surface area contributed by atoms with Crippen LogP contribution in [-0.2, 0) is 17.8 Å². The van der Waals surface area contributed by atoms with Crippen LogP contribution < -0.4 is 32.1 Å². The lowest BCUT2D eigenvalue weighted by Gasteiger charge is -2.20. The zero-order valence-corrected chi connectivity index (χ0v) is 45.5. The number of methoxy groups -OCH3 is 1. The van der Waals surface area contributed by atoms with Gasteiger partial charge in [-0.25, -0.2) is 67.7 Å². The molecule has 0 radical (unpaired) electrons. The van der Waals surface area contributed by atoms with Crippen molar-refractivity contribution in [3.8, 4) is 0 Å². The largest absolute Gasteiger partial charge is 0.465 e. The first-order chi connectivity index (χ1) is 37.9. The van der Waals surface area contributed by atoms with Crippen LogP contribution in [0.15, 0.2) is 122 Å². The van der Waals surface area contributed by atoms with Crippen molar-refractivity contribution in [2.45, 2.75) is 55.6 Å². The molecule has 0 atom stereocenters. The fourth-order valence-corrected chi connectivity index (χ4v) is 8.39. The number of ether oxygens (including phenoxy) is 1. The zero-order valence-electron chi connectivity index (χ0n) is 42.2. The Morgan fingerprint density at radius 2 is 0.988 bits per heavy atom. The third kappa shape index (κ3) is 20.9. The third-order valence-electron chi connectivity index (χ3n) is 9.63. The van der Waals surface area contributed by atoms with Gasteiger partial charge in [0.25, 0.3) is 5.91 Å². The van der Waals surface area contributed by atoms with E-state index < -0.39 is 17.5 Å². The smallest absolute Gasteiger partial charge is 0.337 e. The van der Waals surface area contributed by atoms with Crippen molar-refractivity contribution < 1.29 is 38.5 Å². The van der Waals surface area contributed by atoms with E-state index in [1.54, 1.807) is 80.8 Å². The molecule has 8 heterocycles. The summed E-state index contributed by atoms with van der Waals surface area (Å²) in [4.78, 5) is 58.8. The van der Waals surface area contributed by atoms with Gasteiger partial charge in [-0.05, 0) is 112 Å². The average molecular weight is 1190 g/mol. The van der Waals surface area contributed by atoms with E-state index in [-0.39, 0.29) is 33.9 Å². The Hall–Kier alpha value is -9.10. The van der Waals surface area contributed by atoms with Crippen molar-refractivity contribution >= 4 is 102 Å². The summed E-state index contributed by atoms with van der Waals surface area (Å²) < 4.78 is 71.7. The second kappa shape index (κ2) is 32.1. The average Bonchev–Trinajstić information content (AvgIpc) is 4.44. The summed E-state index contributed by atoms with van der Waals surface area (Å²) >= 11 is 4.93. The predicted molar refractivity (Wildman–Crippen MR) is 308 cm³/mol. The lowest BCUT2D eigenvalue weighted by Crippen LogP contribution is -2.19. The molecule has 2 aromatic carbocycles. The maximum absolute atomic E-state index is 13.2. The molecule has 81 heavy (non-hydrogen) atoms. The molecule has 0 spiro atoms. The number of anilines is 8. The highest BCUT2D eigenvalue weighted by Gasteiger charge is 2.18. The van der Waals surface area contributed by atoms with Crippen molar-refractivity contribution in [2.24, 2.45) is 0 Å². The lowest BCUT2D eigenvalue weighted by molar-refractivity contribution is 0.0600. The highest BCUT2D eigenvalue weighted by Crippen LogP contribution is 2.29. The maximum atomic E-state index is 13.2. The molecular weight excluding hydrogens is 1130 g/mol. The standard InChI is InChI=1S/C17H15FN4O2S.C16H14FN5O2S.C8H7FN4S.C5H5FN2.C3H5N3S.2CH4.H2/c1-11-20-17(25-21-11)22(15-8-7-14(18)9-19-15)10-12-3-5-13(6-4-12)16(23)24-2;1-10-19-16(25-21-10)22(14-7-6-13(17)8-18-14)9-11-2-4-12(5-3-11)15(23)20-24;1-5-11-8(14-13-5)12-7-3-2-6(9)4-10-7;6-4-1-2-5(7)8-3-4;1-2-5-3(4)7-6-2;;;/h3-9H,10H2,1-2H3;2-8,24H,9H2,1H3,(H,20,23);2-4H,1H3,(H,10,11,12,13);1-3H,(H2,7,8);1H3,(H2,4,5,6);2*1H4;1H/i;;;;;;;1+2. The van der Waals surface area contributed by atoms with E-state index >= 15 is 0 Å². The van der Waals surface area contributed by atoms with Gasteiger partial charge in [-0.3, -0.25) is 19.8 Å². The molecule has 0 saturated heterocycles.